The molecule has 1 amide bonds. The first-order valence-electron chi connectivity index (χ1n) is 10.2. The van der Waals surface area contributed by atoms with E-state index in [1.807, 2.05) is 10.9 Å². The second kappa shape index (κ2) is 8.20. The number of carbonyl (C=O) groups excluding carboxylic acids is 1. The Morgan fingerprint density at radius 2 is 1.94 bits per heavy atom. The van der Waals surface area contributed by atoms with Crippen molar-refractivity contribution in [3.05, 3.63) is 47.9 Å². The summed E-state index contributed by atoms with van der Waals surface area (Å²) in [7, 11) is 1.48. The van der Waals surface area contributed by atoms with E-state index >= 15 is 0 Å². The van der Waals surface area contributed by atoms with Crippen LogP contribution in [0, 0.1) is 5.92 Å². The lowest BCUT2D eigenvalue weighted by Gasteiger charge is -2.26. The number of nitrogens with zero attached hydrogens (tertiary/aromatic N) is 3. The molecule has 1 aliphatic rings. The van der Waals surface area contributed by atoms with E-state index in [0.29, 0.717) is 23.7 Å². The van der Waals surface area contributed by atoms with Gasteiger partial charge in [0.25, 0.3) is 5.91 Å². The highest BCUT2D eigenvalue weighted by molar-refractivity contribution is 6.05. The van der Waals surface area contributed by atoms with Crippen LogP contribution in [0.2, 0.25) is 0 Å². The van der Waals surface area contributed by atoms with Crippen molar-refractivity contribution < 1.29 is 22.7 Å². The van der Waals surface area contributed by atoms with Crippen LogP contribution in [-0.2, 0) is 6.18 Å². The molecule has 4 rings (SSSR count). The maximum atomic E-state index is 12.7. The molecule has 0 bridgehead atoms. The number of alkyl halides is 3. The SMILES string of the molecule is COc1cc2nn(C3CCC(C)CC3)cc2cc1NC(=O)c1ccc(C(F)(F)F)cn1. The minimum atomic E-state index is -4.51. The van der Waals surface area contributed by atoms with Crippen LogP contribution in [-0.4, -0.2) is 27.8 Å². The lowest BCUT2D eigenvalue weighted by molar-refractivity contribution is -0.137. The van der Waals surface area contributed by atoms with Gasteiger partial charge < -0.3 is 10.1 Å². The molecule has 1 fully saturated rings. The monoisotopic (exact) mass is 432 g/mol. The highest BCUT2D eigenvalue weighted by Gasteiger charge is 2.31. The summed E-state index contributed by atoms with van der Waals surface area (Å²) in [6.07, 6.45) is 2.60. The molecule has 6 nitrogen and oxygen atoms in total. The Kier molecular flexibility index (Phi) is 5.60. The van der Waals surface area contributed by atoms with E-state index in [9.17, 15) is 18.0 Å². The van der Waals surface area contributed by atoms with Crippen molar-refractivity contribution in [1.82, 2.24) is 14.8 Å². The number of aromatic nitrogens is 3. The molecule has 9 heteroatoms. The molecular formula is C22H23F3N4O2. The zero-order valence-electron chi connectivity index (χ0n) is 17.2. The predicted molar refractivity (Wildman–Crippen MR) is 110 cm³/mol. The number of carbonyl (C=O) groups is 1. The zero-order valence-corrected chi connectivity index (χ0v) is 17.2. The zero-order chi connectivity index (χ0) is 22.2. The Bertz CT molecular complexity index is 1080. The summed E-state index contributed by atoms with van der Waals surface area (Å²) in [5.74, 6) is 0.525. The van der Waals surface area contributed by atoms with Crippen molar-refractivity contribution >= 4 is 22.5 Å². The van der Waals surface area contributed by atoms with Crippen LogP contribution >= 0.6 is 0 Å². The van der Waals surface area contributed by atoms with Crippen LogP contribution in [0.3, 0.4) is 0 Å². The van der Waals surface area contributed by atoms with Gasteiger partial charge in [0.2, 0.25) is 0 Å². The third kappa shape index (κ3) is 4.50. The Morgan fingerprint density at radius 3 is 2.55 bits per heavy atom. The van der Waals surface area contributed by atoms with E-state index in [-0.39, 0.29) is 5.69 Å². The molecule has 0 aliphatic heterocycles. The fourth-order valence-electron chi connectivity index (χ4n) is 3.91. The number of pyridine rings is 1. The molecule has 164 valence electrons. The number of benzene rings is 1. The highest BCUT2D eigenvalue weighted by Crippen LogP contribution is 2.35. The van der Waals surface area contributed by atoms with Crippen LogP contribution in [0.25, 0.3) is 10.9 Å². The van der Waals surface area contributed by atoms with Crippen molar-refractivity contribution in [3.8, 4) is 5.75 Å². The Balaban J connectivity index is 1.57. The minimum absolute atomic E-state index is 0.123. The first-order valence-corrected chi connectivity index (χ1v) is 10.2. The van der Waals surface area contributed by atoms with Gasteiger partial charge in [0.15, 0.2) is 0 Å². The van der Waals surface area contributed by atoms with Gasteiger partial charge in [0, 0.05) is 23.8 Å². The van der Waals surface area contributed by atoms with Gasteiger partial charge in [0.05, 0.1) is 29.9 Å². The molecule has 1 saturated carbocycles. The van der Waals surface area contributed by atoms with Crippen LogP contribution in [0.1, 0.15) is 54.7 Å². The van der Waals surface area contributed by atoms with E-state index in [0.717, 1.165) is 41.8 Å². The molecule has 31 heavy (non-hydrogen) atoms. The number of anilines is 1. The van der Waals surface area contributed by atoms with Gasteiger partial charge in [-0.1, -0.05) is 6.92 Å². The van der Waals surface area contributed by atoms with Gasteiger partial charge in [-0.05, 0) is 49.8 Å². The summed E-state index contributed by atoms with van der Waals surface area (Å²) in [5.41, 5.74) is 0.120. The molecule has 1 aliphatic carbocycles. The molecule has 0 unspecified atom stereocenters. The molecule has 2 heterocycles. The van der Waals surface area contributed by atoms with Gasteiger partial charge in [0.1, 0.15) is 11.4 Å². The topological polar surface area (TPSA) is 69.0 Å². The fraction of sp³-hybridized carbons (Fsp3) is 0.409. The number of hydrogen-bond acceptors (Lipinski definition) is 4. The smallest absolute Gasteiger partial charge is 0.417 e. The molecular weight excluding hydrogens is 409 g/mol. The summed E-state index contributed by atoms with van der Waals surface area (Å²) in [4.78, 5) is 16.2. The summed E-state index contributed by atoms with van der Waals surface area (Å²) in [5, 5.41) is 8.21. The van der Waals surface area contributed by atoms with Crippen molar-refractivity contribution in [2.45, 2.75) is 44.8 Å². The lowest BCUT2D eigenvalue weighted by atomic mass is 9.87. The molecule has 1 aromatic carbocycles. The van der Waals surface area contributed by atoms with E-state index in [1.165, 1.54) is 20.0 Å². The molecule has 0 spiro atoms. The van der Waals surface area contributed by atoms with Gasteiger partial charge in [-0.15, -0.1) is 0 Å². The second-order valence-corrected chi connectivity index (χ2v) is 8.02. The van der Waals surface area contributed by atoms with Gasteiger partial charge >= 0.3 is 6.18 Å². The van der Waals surface area contributed by atoms with Gasteiger partial charge in [-0.2, -0.15) is 18.3 Å². The average molecular weight is 432 g/mol. The van der Waals surface area contributed by atoms with Crippen molar-refractivity contribution in [2.75, 3.05) is 12.4 Å². The Hall–Kier alpha value is -3.10. The molecule has 2 aromatic heterocycles. The number of methoxy groups -OCH3 is 1. The number of nitrogens with one attached hydrogen (secondary N) is 1. The van der Waals surface area contributed by atoms with Crippen LogP contribution in [0.4, 0.5) is 18.9 Å². The number of fused-ring (bicyclic) bond motifs is 1. The number of hydrogen-bond donors (Lipinski definition) is 1. The highest BCUT2D eigenvalue weighted by atomic mass is 19.4. The van der Waals surface area contributed by atoms with E-state index in [4.69, 9.17) is 4.74 Å². The standard InChI is InChI=1S/C22H23F3N4O2/c1-13-3-6-16(7-4-13)29-12-14-9-19(20(31-2)10-18(14)28-29)27-21(30)17-8-5-15(11-26-17)22(23,24)25/h5,8-13,16H,3-4,6-7H2,1-2H3,(H,27,30). The normalized spacial score (nSPS) is 19.4. The largest absolute Gasteiger partial charge is 0.494 e. The maximum absolute atomic E-state index is 12.7. The molecule has 0 atom stereocenters. The Labute approximate surface area is 177 Å². The summed E-state index contributed by atoms with van der Waals surface area (Å²) < 4.78 is 45.5. The average Bonchev–Trinajstić information content (AvgIpc) is 3.16. The third-order valence-electron chi connectivity index (χ3n) is 5.77. The first kappa shape index (κ1) is 21.1. The number of halogens is 3. The van der Waals surface area contributed by atoms with Gasteiger partial charge in [-0.25, -0.2) is 0 Å². The lowest BCUT2D eigenvalue weighted by Crippen LogP contribution is -2.16. The molecule has 3 aromatic rings. The summed E-state index contributed by atoms with van der Waals surface area (Å²) in [6.45, 7) is 2.27. The predicted octanol–water partition coefficient (Wildman–Crippen LogP) is 5.46. The molecule has 1 N–H and O–H groups in total. The van der Waals surface area contributed by atoms with E-state index < -0.39 is 17.6 Å². The second-order valence-electron chi connectivity index (χ2n) is 8.02. The van der Waals surface area contributed by atoms with Crippen LogP contribution in [0.15, 0.2) is 36.7 Å². The van der Waals surface area contributed by atoms with Crippen LogP contribution < -0.4 is 10.1 Å². The van der Waals surface area contributed by atoms with Gasteiger partial charge in [-0.3, -0.25) is 14.5 Å². The number of rotatable bonds is 4. The number of ether oxygens (including phenoxy) is 1. The molecule has 0 radical (unpaired) electrons. The minimum Gasteiger partial charge on any atom is -0.494 e. The Morgan fingerprint density at radius 1 is 1.19 bits per heavy atom. The molecule has 0 saturated heterocycles. The quantitative estimate of drug-likeness (QED) is 0.594. The fourth-order valence-corrected chi connectivity index (χ4v) is 3.91. The summed E-state index contributed by atoms with van der Waals surface area (Å²) in [6, 6.07) is 5.73. The van der Waals surface area contributed by atoms with Crippen molar-refractivity contribution in [1.29, 1.82) is 0 Å². The summed E-state index contributed by atoms with van der Waals surface area (Å²) >= 11 is 0. The first-order chi connectivity index (χ1) is 14.7. The number of amides is 1. The van der Waals surface area contributed by atoms with Crippen molar-refractivity contribution in [2.24, 2.45) is 5.92 Å². The third-order valence-corrected chi connectivity index (χ3v) is 5.77. The van der Waals surface area contributed by atoms with Crippen molar-refractivity contribution in [3.63, 3.8) is 0 Å². The van der Waals surface area contributed by atoms with E-state index in [2.05, 4.69) is 22.3 Å². The van der Waals surface area contributed by atoms with E-state index in [1.54, 1.807) is 12.1 Å². The van der Waals surface area contributed by atoms with Crippen LogP contribution in [0.5, 0.6) is 5.75 Å². The maximum Gasteiger partial charge on any atom is 0.417 e.